The second-order valence-electron chi connectivity index (χ2n) is 8.73. The van der Waals surface area contributed by atoms with Crippen LogP contribution in [0.15, 0.2) is 24.3 Å². The molecule has 2 unspecified atom stereocenters. The lowest BCUT2D eigenvalue weighted by Gasteiger charge is -2.37. The molecule has 2 fully saturated rings. The predicted octanol–water partition coefficient (Wildman–Crippen LogP) is 3.29. The first kappa shape index (κ1) is 22.0. The number of rotatable bonds is 7. The smallest absolute Gasteiger partial charge is 0.254 e. The van der Waals surface area contributed by atoms with Crippen LogP contribution >= 0.6 is 0 Å². The Morgan fingerprint density at radius 1 is 1.17 bits per heavy atom. The van der Waals surface area contributed by atoms with Gasteiger partial charge in [-0.2, -0.15) is 0 Å². The molecule has 5 nitrogen and oxygen atoms in total. The highest BCUT2D eigenvalue weighted by Crippen LogP contribution is 2.28. The summed E-state index contributed by atoms with van der Waals surface area (Å²) >= 11 is 0. The highest BCUT2D eigenvalue weighted by molar-refractivity contribution is 5.80. The highest BCUT2D eigenvalue weighted by atomic mass is 19.1. The number of hydrogen-bond donors (Lipinski definition) is 2. The van der Waals surface area contributed by atoms with Crippen molar-refractivity contribution in [1.82, 2.24) is 10.2 Å². The number of carbonyl (C=O) groups excluding carboxylic acids is 1. The molecule has 1 aromatic carbocycles. The molecule has 0 radical (unpaired) electrons. The first-order valence-corrected chi connectivity index (χ1v) is 11.1. The van der Waals surface area contributed by atoms with Crippen LogP contribution in [-0.4, -0.2) is 60.9 Å². The lowest BCUT2D eigenvalue weighted by molar-refractivity contribution is -0.126. The van der Waals surface area contributed by atoms with Crippen molar-refractivity contribution >= 4 is 11.6 Å². The summed E-state index contributed by atoms with van der Waals surface area (Å²) in [6.45, 7) is 8.40. The van der Waals surface area contributed by atoms with E-state index >= 15 is 0 Å². The number of halogens is 1. The van der Waals surface area contributed by atoms with Gasteiger partial charge in [-0.1, -0.05) is 12.1 Å². The second-order valence-corrected chi connectivity index (χ2v) is 8.73. The third-order valence-corrected chi connectivity index (χ3v) is 6.50. The summed E-state index contributed by atoms with van der Waals surface area (Å²) in [7, 11) is 0. The minimum absolute atomic E-state index is 0.151. The Balaban J connectivity index is 1.36. The van der Waals surface area contributed by atoms with Gasteiger partial charge in [0.2, 0.25) is 0 Å². The average molecular weight is 406 g/mol. The van der Waals surface area contributed by atoms with Crippen LogP contribution in [0.4, 0.5) is 10.1 Å². The molecule has 3 rings (SSSR count). The first-order chi connectivity index (χ1) is 13.9. The molecule has 2 atom stereocenters. The zero-order valence-corrected chi connectivity index (χ0v) is 17.8. The predicted molar refractivity (Wildman–Crippen MR) is 115 cm³/mol. The standard InChI is InChI=1S/C23H36FN3O2/c1-17(24)23(29)25-21-8-6-19(7-9-21)10-11-26-12-14-27(15-13-26)22-5-3-4-20(16-22)18(2)28/h3-5,16-19,21,28H,6-15H2,1-2H3,(H,25,29). The van der Waals surface area contributed by atoms with Gasteiger partial charge in [0.1, 0.15) is 0 Å². The molecule has 29 heavy (non-hydrogen) atoms. The molecule has 1 amide bonds. The van der Waals surface area contributed by atoms with Gasteiger partial charge >= 0.3 is 0 Å². The number of aliphatic hydroxyl groups excluding tert-OH is 1. The third kappa shape index (κ3) is 6.41. The molecule has 1 aromatic rings. The monoisotopic (exact) mass is 405 g/mol. The van der Waals surface area contributed by atoms with Gasteiger partial charge in [-0.25, -0.2) is 4.39 Å². The van der Waals surface area contributed by atoms with E-state index in [0.717, 1.165) is 64.0 Å². The topological polar surface area (TPSA) is 55.8 Å². The van der Waals surface area contributed by atoms with Gasteiger partial charge in [-0.15, -0.1) is 0 Å². The van der Waals surface area contributed by atoms with Crippen molar-refractivity contribution in [2.75, 3.05) is 37.6 Å². The van der Waals surface area contributed by atoms with Gasteiger partial charge in [0.25, 0.3) is 5.91 Å². The maximum Gasteiger partial charge on any atom is 0.254 e. The average Bonchev–Trinajstić information content (AvgIpc) is 2.73. The molecule has 6 heteroatoms. The Labute approximate surface area is 174 Å². The molecule has 0 aromatic heterocycles. The number of benzene rings is 1. The number of nitrogens with one attached hydrogen (secondary N) is 1. The number of aliphatic hydroxyl groups is 1. The van der Waals surface area contributed by atoms with E-state index in [4.69, 9.17) is 0 Å². The van der Waals surface area contributed by atoms with Gasteiger partial charge in [0.05, 0.1) is 6.10 Å². The summed E-state index contributed by atoms with van der Waals surface area (Å²) in [5.41, 5.74) is 2.17. The van der Waals surface area contributed by atoms with Crippen molar-refractivity contribution in [2.24, 2.45) is 5.92 Å². The van der Waals surface area contributed by atoms with Crippen molar-refractivity contribution in [2.45, 2.75) is 64.3 Å². The van der Waals surface area contributed by atoms with Crippen LogP contribution in [0, 0.1) is 5.92 Å². The summed E-state index contributed by atoms with van der Waals surface area (Å²) in [5, 5.41) is 12.6. The van der Waals surface area contributed by atoms with E-state index in [-0.39, 0.29) is 6.04 Å². The molecule has 0 bridgehead atoms. The number of carbonyl (C=O) groups is 1. The van der Waals surface area contributed by atoms with Crippen LogP contribution < -0.4 is 10.2 Å². The molecule has 1 aliphatic carbocycles. The maximum atomic E-state index is 13.0. The summed E-state index contributed by atoms with van der Waals surface area (Å²) < 4.78 is 13.0. The number of hydrogen-bond acceptors (Lipinski definition) is 4. The molecule has 1 heterocycles. The summed E-state index contributed by atoms with van der Waals surface area (Å²) in [6.07, 6.45) is 3.54. The van der Waals surface area contributed by atoms with Gasteiger partial charge in [-0.3, -0.25) is 9.69 Å². The Hall–Kier alpha value is -1.66. The van der Waals surface area contributed by atoms with Gasteiger partial charge < -0.3 is 15.3 Å². The molecular formula is C23H36FN3O2. The Kier molecular flexibility index (Phi) is 7.90. The number of nitrogens with zero attached hydrogens (tertiary/aromatic N) is 2. The van der Waals surface area contributed by atoms with Gasteiger partial charge in [0, 0.05) is 37.9 Å². The van der Waals surface area contributed by atoms with Crippen molar-refractivity contribution in [3.05, 3.63) is 29.8 Å². The van der Waals surface area contributed by atoms with Crippen molar-refractivity contribution in [3.63, 3.8) is 0 Å². The van der Waals surface area contributed by atoms with Crippen LogP contribution in [0.5, 0.6) is 0 Å². The van der Waals surface area contributed by atoms with E-state index in [1.54, 1.807) is 6.92 Å². The zero-order valence-electron chi connectivity index (χ0n) is 17.8. The number of anilines is 1. The van der Waals surface area contributed by atoms with E-state index < -0.39 is 18.2 Å². The number of amides is 1. The lowest BCUT2D eigenvalue weighted by Crippen LogP contribution is -2.47. The normalized spacial score (nSPS) is 25.4. The van der Waals surface area contributed by atoms with E-state index in [2.05, 4.69) is 27.2 Å². The van der Waals surface area contributed by atoms with Crippen LogP contribution in [-0.2, 0) is 4.79 Å². The summed E-state index contributed by atoms with van der Waals surface area (Å²) in [5.74, 6) is 0.247. The SMILES string of the molecule is CC(F)C(=O)NC1CCC(CCN2CCN(c3cccc(C(C)O)c3)CC2)CC1. The number of piperazine rings is 1. The fraction of sp³-hybridized carbons (Fsp3) is 0.696. The molecule has 162 valence electrons. The quantitative estimate of drug-likeness (QED) is 0.731. The molecule has 2 N–H and O–H groups in total. The molecular weight excluding hydrogens is 369 g/mol. The largest absolute Gasteiger partial charge is 0.389 e. The van der Waals surface area contributed by atoms with Crippen LogP contribution in [0.25, 0.3) is 0 Å². The fourth-order valence-corrected chi connectivity index (χ4v) is 4.49. The van der Waals surface area contributed by atoms with Crippen molar-refractivity contribution in [1.29, 1.82) is 0 Å². The Morgan fingerprint density at radius 3 is 2.48 bits per heavy atom. The van der Waals surface area contributed by atoms with Crippen molar-refractivity contribution < 1.29 is 14.3 Å². The first-order valence-electron chi connectivity index (χ1n) is 11.1. The number of alkyl halides is 1. The minimum Gasteiger partial charge on any atom is -0.389 e. The maximum absolute atomic E-state index is 13.0. The molecule has 2 aliphatic rings. The van der Waals surface area contributed by atoms with Crippen molar-refractivity contribution in [3.8, 4) is 0 Å². The van der Waals surface area contributed by atoms with Gasteiger partial charge in [-0.05, 0) is 76.1 Å². The van der Waals surface area contributed by atoms with E-state index in [9.17, 15) is 14.3 Å². The molecule has 1 saturated carbocycles. The molecule has 0 spiro atoms. The fourth-order valence-electron chi connectivity index (χ4n) is 4.49. The zero-order chi connectivity index (χ0) is 20.8. The lowest BCUT2D eigenvalue weighted by atomic mass is 9.84. The van der Waals surface area contributed by atoms with E-state index in [0.29, 0.717) is 5.92 Å². The van der Waals surface area contributed by atoms with E-state index in [1.165, 1.54) is 19.0 Å². The summed E-state index contributed by atoms with van der Waals surface area (Å²) in [6, 6.07) is 8.38. The van der Waals surface area contributed by atoms with E-state index in [1.807, 2.05) is 12.1 Å². The minimum atomic E-state index is -1.42. The van der Waals surface area contributed by atoms with Crippen LogP contribution in [0.1, 0.15) is 57.6 Å². The van der Waals surface area contributed by atoms with Gasteiger partial charge in [0.15, 0.2) is 6.17 Å². The molecule has 1 saturated heterocycles. The highest BCUT2D eigenvalue weighted by Gasteiger charge is 2.25. The Morgan fingerprint density at radius 2 is 1.86 bits per heavy atom. The third-order valence-electron chi connectivity index (χ3n) is 6.50. The molecule has 1 aliphatic heterocycles. The second kappa shape index (κ2) is 10.4. The Bertz CT molecular complexity index is 651. The summed E-state index contributed by atoms with van der Waals surface area (Å²) in [4.78, 5) is 16.5. The van der Waals surface area contributed by atoms with Crippen LogP contribution in [0.3, 0.4) is 0 Å². The van der Waals surface area contributed by atoms with Crippen LogP contribution in [0.2, 0.25) is 0 Å².